The standard InChI is InChI=1S/C52H86O7/c1-5-53-49(54-6-2)41-33-23-19-15-11-9-13-17-21-25-35-43-51(57-45-47-37-29-27-30-38-47)59-52(58-46-48-39-31-28-32-40-48)44-36-26-22-18-14-10-12-16-20-24-34-42-50(55-7-3)56-8-4/h27-32,35-40,43-44,49-52H,5-26,33-34,41-42,45-46H2,1-4H3. The summed E-state index contributed by atoms with van der Waals surface area (Å²) in [6.07, 6.45) is 34.5. The number of allylic oxidation sites excluding steroid dienone is 2. The van der Waals surface area contributed by atoms with Crippen LogP contribution in [0.15, 0.2) is 85.0 Å². The van der Waals surface area contributed by atoms with E-state index in [2.05, 4.69) is 48.6 Å². The normalized spacial score (nSPS) is 13.1. The maximum Gasteiger partial charge on any atom is 0.180 e. The van der Waals surface area contributed by atoms with Gasteiger partial charge in [0.25, 0.3) is 0 Å². The largest absolute Gasteiger partial charge is 0.353 e. The molecule has 0 aliphatic heterocycles. The summed E-state index contributed by atoms with van der Waals surface area (Å²) in [5.74, 6) is 0. The molecule has 59 heavy (non-hydrogen) atoms. The van der Waals surface area contributed by atoms with Crippen LogP contribution in [0.3, 0.4) is 0 Å². The van der Waals surface area contributed by atoms with Gasteiger partial charge in [0, 0.05) is 26.4 Å². The third-order valence-corrected chi connectivity index (χ3v) is 10.4. The first kappa shape index (κ1) is 52.8. The Bertz CT molecular complexity index is 1100. The second-order valence-electron chi connectivity index (χ2n) is 15.5. The number of hydrogen-bond acceptors (Lipinski definition) is 7. The minimum atomic E-state index is -0.506. The first-order valence-corrected chi connectivity index (χ1v) is 23.9. The smallest absolute Gasteiger partial charge is 0.180 e. The predicted octanol–water partition coefficient (Wildman–Crippen LogP) is 14.6. The average Bonchev–Trinajstić information content (AvgIpc) is 3.25. The Labute approximate surface area is 362 Å². The SMILES string of the molecule is CCOC(CCCCCCCCCCCC=CC(OCc1ccccc1)OC(C=CCCCCCCCCCCCC(OCC)OCC)OCc1ccccc1)OCC. The monoisotopic (exact) mass is 823 g/mol. The molecule has 0 aromatic heterocycles. The maximum absolute atomic E-state index is 6.52. The van der Waals surface area contributed by atoms with Crippen molar-refractivity contribution >= 4 is 0 Å². The highest BCUT2D eigenvalue weighted by Crippen LogP contribution is 2.17. The third-order valence-electron chi connectivity index (χ3n) is 10.4. The molecule has 0 fully saturated rings. The van der Waals surface area contributed by atoms with Gasteiger partial charge in [-0.05, 0) is 102 Å². The van der Waals surface area contributed by atoms with E-state index in [0.717, 1.165) is 63.2 Å². The molecule has 0 spiro atoms. The van der Waals surface area contributed by atoms with E-state index in [9.17, 15) is 0 Å². The van der Waals surface area contributed by atoms with Crippen molar-refractivity contribution in [3.05, 3.63) is 96.1 Å². The molecule has 2 atom stereocenters. The molecule has 0 bridgehead atoms. The van der Waals surface area contributed by atoms with Gasteiger partial charge in [0.15, 0.2) is 25.2 Å². The molecule has 0 saturated heterocycles. The second-order valence-corrected chi connectivity index (χ2v) is 15.5. The lowest BCUT2D eigenvalue weighted by atomic mass is 10.1. The lowest BCUT2D eigenvalue weighted by Gasteiger charge is -2.22. The number of hydrogen-bond donors (Lipinski definition) is 0. The van der Waals surface area contributed by atoms with E-state index in [1.165, 1.54) is 116 Å². The van der Waals surface area contributed by atoms with Crippen molar-refractivity contribution in [1.82, 2.24) is 0 Å². The molecule has 336 valence electrons. The van der Waals surface area contributed by atoms with Crippen LogP contribution in [0.25, 0.3) is 0 Å². The zero-order valence-electron chi connectivity index (χ0n) is 38.0. The van der Waals surface area contributed by atoms with Crippen LogP contribution < -0.4 is 0 Å². The molecule has 2 unspecified atom stereocenters. The summed E-state index contributed by atoms with van der Waals surface area (Å²) in [4.78, 5) is 0. The van der Waals surface area contributed by atoms with Crippen molar-refractivity contribution in [1.29, 1.82) is 0 Å². The van der Waals surface area contributed by atoms with Crippen molar-refractivity contribution in [2.75, 3.05) is 26.4 Å². The summed E-state index contributed by atoms with van der Waals surface area (Å²) in [5.41, 5.74) is 2.25. The van der Waals surface area contributed by atoms with Crippen molar-refractivity contribution < 1.29 is 33.2 Å². The van der Waals surface area contributed by atoms with Crippen molar-refractivity contribution in [2.24, 2.45) is 0 Å². The molecule has 0 aliphatic carbocycles. The lowest BCUT2D eigenvalue weighted by molar-refractivity contribution is -0.215. The molecule has 0 saturated carbocycles. The molecule has 0 radical (unpaired) electrons. The fraction of sp³-hybridized carbons (Fsp3) is 0.692. The van der Waals surface area contributed by atoms with Gasteiger partial charge in [0.1, 0.15) is 0 Å². The van der Waals surface area contributed by atoms with E-state index in [0.29, 0.717) is 13.2 Å². The number of benzene rings is 2. The first-order chi connectivity index (χ1) is 29.2. The van der Waals surface area contributed by atoms with Crippen molar-refractivity contribution in [2.45, 2.75) is 207 Å². The zero-order chi connectivity index (χ0) is 42.1. The summed E-state index contributed by atoms with van der Waals surface area (Å²) in [6.45, 7) is 12.0. The summed E-state index contributed by atoms with van der Waals surface area (Å²) in [6, 6.07) is 20.6. The van der Waals surface area contributed by atoms with E-state index < -0.39 is 12.6 Å². The summed E-state index contributed by atoms with van der Waals surface area (Å²) in [5, 5.41) is 0. The second kappa shape index (κ2) is 39.8. The average molecular weight is 823 g/mol. The van der Waals surface area contributed by atoms with Crippen LogP contribution in [0.4, 0.5) is 0 Å². The van der Waals surface area contributed by atoms with E-state index >= 15 is 0 Å². The van der Waals surface area contributed by atoms with Crippen LogP contribution in [-0.2, 0) is 46.4 Å². The van der Waals surface area contributed by atoms with Gasteiger partial charge in [-0.15, -0.1) is 0 Å². The Morgan fingerprint density at radius 2 is 0.678 bits per heavy atom. The third kappa shape index (κ3) is 31.2. The minimum absolute atomic E-state index is 0.0266. The zero-order valence-corrected chi connectivity index (χ0v) is 38.0. The Balaban J connectivity index is 1.74. The Hall–Kier alpha value is -2.36. The Morgan fingerprint density at radius 3 is 1.00 bits per heavy atom. The Kier molecular flexibility index (Phi) is 35.6. The molecule has 7 nitrogen and oxygen atoms in total. The molecule has 0 N–H and O–H groups in total. The van der Waals surface area contributed by atoms with Crippen LogP contribution in [0.5, 0.6) is 0 Å². The van der Waals surface area contributed by atoms with E-state index in [1.54, 1.807) is 0 Å². The number of ether oxygens (including phenoxy) is 7. The van der Waals surface area contributed by atoms with Crippen molar-refractivity contribution in [3.8, 4) is 0 Å². The topological polar surface area (TPSA) is 64.6 Å². The van der Waals surface area contributed by atoms with Gasteiger partial charge in [-0.3, -0.25) is 0 Å². The number of unbranched alkanes of at least 4 members (excludes halogenated alkanes) is 18. The highest BCUT2D eigenvalue weighted by atomic mass is 16.8. The molecular weight excluding hydrogens is 737 g/mol. The molecule has 2 aromatic carbocycles. The van der Waals surface area contributed by atoms with Gasteiger partial charge in [0.05, 0.1) is 13.2 Å². The van der Waals surface area contributed by atoms with Gasteiger partial charge >= 0.3 is 0 Å². The van der Waals surface area contributed by atoms with E-state index in [1.807, 2.05) is 64.1 Å². The van der Waals surface area contributed by atoms with Gasteiger partial charge in [-0.2, -0.15) is 0 Å². The maximum atomic E-state index is 6.52. The van der Waals surface area contributed by atoms with Crippen LogP contribution in [-0.4, -0.2) is 51.6 Å². The van der Waals surface area contributed by atoms with Gasteiger partial charge in [0.2, 0.25) is 0 Å². The first-order valence-electron chi connectivity index (χ1n) is 23.9. The fourth-order valence-corrected chi connectivity index (χ4v) is 7.13. The van der Waals surface area contributed by atoms with Gasteiger partial charge in [-0.25, -0.2) is 0 Å². The van der Waals surface area contributed by atoms with Crippen LogP contribution in [0.2, 0.25) is 0 Å². The fourth-order valence-electron chi connectivity index (χ4n) is 7.13. The van der Waals surface area contributed by atoms with Crippen LogP contribution in [0.1, 0.15) is 180 Å². The molecule has 2 rings (SSSR count). The Morgan fingerprint density at radius 1 is 0.373 bits per heavy atom. The van der Waals surface area contributed by atoms with Crippen LogP contribution >= 0.6 is 0 Å². The van der Waals surface area contributed by atoms with Gasteiger partial charge in [-0.1, -0.05) is 163 Å². The molecular formula is C52H86O7. The molecule has 0 heterocycles. The lowest BCUT2D eigenvalue weighted by Crippen LogP contribution is -2.24. The van der Waals surface area contributed by atoms with Gasteiger partial charge < -0.3 is 33.2 Å². The van der Waals surface area contributed by atoms with E-state index in [4.69, 9.17) is 33.2 Å². The number of rotatable bonds is 42. The minimum Gasteiger partial charge on any atom is -0.353 e. The predicted molar refractivity (Wildman–Crippen MR) is 245 cm³/mol. The highest BCUT2D eigenvalue weighted by molar-refractivity contribution is 5.14. The molecule has 7 heteroatoms. The summed E-state index contributed by atoms with van der Waals surface area (Å²) < 4.78 is 41.9. The molecule has 0 aliphatic rings. The quantitative estimate of drug-likeness (QED) is 0.0375. The summed E-state index contributed by atoms with van der Waals surface area (Å²) >= 11 is 0. The van der Waals surface area contributed by atoms with Crippen molar-refractivity contribution in [3.63, 3.8) is 0 Å². The highest BCUT2D eigenvalue weighted by Gasteiger charge is 2.15. The van der Waals surface area contributed by atoms with E-state index in [-0.39, 0.29) is 12.6 Å². The van der Waals surface area contributed by atoms with Crippen LogP contribution in [0, 0.1) is 0 Å². The molecule has 2 aromatic rings. The summed E-state index contributed by atoms with van der Waals surface area (Å²) in [7, 11) is 0. The molecule has 0 amide bonds.